The van der Waals surface area contributed by atoms with Crippen LogP contribution in [0.5, 0.6) is 0 Å². The molecule has 4 nitrogen and oxygen atoms in total. The summed E-state index contributed by atoms with van der Waals surface area (Å²) in [5, 5.41) is 2.99. The van der Waals surface area contributed by atoms with Crippen LogP contribution in [0.3, 0.4) is 0 Å². The molecule has 2 unspecified atom stereocenters. The summed E-state index contributed by atoms with van der Waals surface area (Å²) in [6, 6.07) is 14.5. The topological polar surface area (TPSA) is 49.4 Å². The molecule has 0 spiro atoms. The van der Waals surface area contributed by atoms with Crippen molar-refractivity contribution >= 4 is 11.8 Å². The van der Waals surface area contributed by atoms with E-state index in [1.54, 1.807) is 4.90 Å². The Labute approximate surface area is 146 Å². The number of hydrogen-bond acceptors (Lipinski definition) is 2. The van der Waals surface area contributed by atoms with Crippen LogP contribution in [0.4, 0.5) is 4.39 Å². The molecule has 1 fully saturated rings. The van der Waals surface area contributed by atoms with Gasteiger partial charge in [-0.2, -0.15) is 0 Å². The largest absolute Gasteiger partial charge is 0.348 e. The normalized spacial score (nSPS) is 18.0. The van der Waals surface area contributed by atoms with Crippen LogP contribution in [0, 0.1) is 5.82 Å². The van der Waals surface area contributed by atoms with Crippen molar-refractivity contribution in [2.45, 2.75) is 31.8 Å². The van der Waals surface area contributed by atoms with E-state index in [1.165, 1.54) is 24.3 Å². The maximum atomic E-state index is 13.0. The van der Waals surface area contributed by atoms with E-state index in [1.807, 2.05) is 37.3 Å². The predicted octanol–water partition coefficient (Wildman–Crippen LogP) is 3.31. The highest BCUT2D eigenvalue weighted by molar-refractivity contribution is 5.98. The molecule has 2 amide bonds. The Bertz CT molecular complexity index is 746. The Morgan fingerprint density at radius 2 is 1.80 bits per heavy atom. The lowest BCUT2D eigenvalue weighted by Gasteiger charge is -2.25. The summed E-state index contributed by atoms with van der Waals surface area (Å²) in [4.78, 5) is 26.9. The van der Waals surface area contributed by atoms with Gasteiger partial charge in [0.05, 0.1) is 6.04 Å². The monoisotopic (exact) mass is 340 g/mol. The molecular formula is C20H21FN2O2. The molecule has 1 N–H and O–H groups in total. The quantitative estimate of drug-likeness (QED) is 0.928. The van der Waals surface area contributed by atoms with Gasteiger partial charge in [0.1, 0.15) is 11.9 Å². The van der Waals surface area contributed by atoms with Gasteiger partial charge in [0, 0.05) is 12.1 Å². The minimum atomic E-state index is -0.483. The number of carbonyl (C=O) groups is 2. The first kappa shape index (κ1) is 17.1. The van der Waals surface area contributed by atoms with E-state index >= 15 is 0 Å². The molecule has 2 atom stereocenters. The van der Waals surface area contributed by atoms with Gasteiger partial charge in [0.15, 0.2) is 0 Å². The van der Waals surface area contributed by atoms with Crippen LogP contribution in [0.2, 0.25) is 0 Å². The zero-order chi connectivity index (χ0) is 17.8. The Morgan fingerprint density at radius 3 is 2.48 bits per heavy atom. The third-order valence-corrected chi connectivity index (χ3v) is 4.57. The Hall–Kier alpha value is -2.69. The number of likely N-dealkylation sites (tertiary alicyclic amines) is 1. The van der Waals surface area contributed by atoms with E-state index in [2.05, 4.69) is 5.32 Å². The predicted molar refractivity (Wildman–Crippen MR) is 93.5 cm³/mol. The second-order valence-electron chi connectivity index (χ2n) is 6.30. The van der Waals surface area contributed by atoms with Crippen molar-refractivity contribution in [2.75, 3.05) is 6.54 Å². The first-order valence-electron chi connectivity index (χ1n) is 8.48. The minimum absolute atomic E-state index is 0.128. The Balaban J connectivity index is 1.69. The number of nitrogens with zero attached hydrogens (tertiary/aromatic N) is 1. The number of nitrogens with one attached hydrogen (secondary N) is 1. The lowest BCUT2D eigenvalue weighted by molar-refractivity contribution is -0.125. The van der Waals surface area contributed by atoms with Crippen molar-refractivity contribution in [3.05, 3.63) is 71.5 Å². The Morgan fingerprint density at radius 1 is 1.12 bits per heavy atom. The highest BCUT2D eigenvalue weighted by atomic mass is 19.1. The molecule has 0 aliphatic carbocycles. The van der Waals surface area contributed by atoms with Crippen LogP contribution in [0.25, 0.3) is 0 Å². The third kappa shape index (κ3) is 3.87. The fourth-order valence-electron chi connectivity index (χ4n) is 3.18. The van der Waals surface area contributed by atoms with Crippen molar-refractivity contribution in [1.82, 2.24) is 10.2 Å². The first-order valence-corrected chi connectivity index (χ1v) is 8.48. The van der Waals surface area contributed by atoms with E-state index < -0.39 is 6.04 Å². The number of halogens is 1. The van der Waals surface area contributed by atoms with Crippen molar-refractivity contribution in [3.63, 3.8) is 0 Å². The molecule has 2 aromatic rings. The summed E-state index contributed by atoms with van der Waals surface area (Å²) in [5.41, 5.74) is 1.42. The smallest absolute Gasteiger partial charge is 0.254 e. The molecule has 2 aromatic carbocycles. The zero-order valence-electron chi connectivity index (χ0n) is 14.1. The first-order chi connectivity index (χ1) is 12.1. The molecule has 0 saturated carbocycles. The molecule has 25 heavy (non-hydrogen) atoms. The van der Waals surface area contributed by atoms with Crippen LogP contribution in [-0.2, 0) is 4.79 Å². The highest BCUT2D eigenvalue weighted by Crippen LogP contribution is 2.22. The lowest BCUT2D eigenvalue weighted by Crippen LogP contribution is -2.46. The molecule has 1 saturated heterocycles. The van der Waals surface area contributed by atoms with Crippen molar-refractivity contribution < 1.29 is 14.0 Å². The second-order valence-corrected chi connectivity index (χ2v) is 6.30. The summed E-state index contributed by atoms with van der Waals surface area (Å²) in [5.74, 6) is -0.765. The maximum absolute atomic E-state index is 13.0. The second kappa shape index (κ2) is 7.47. The van der Waals surface area contributed by atoms with Gasteiger partial charge in [0.2, 0.25) is 5.91 Å². The summed E-state index contributed by atoms with van der Waals surface area (Å²) < 4.78 is 13.0. The van der Waals surface area contributed by atoms with Gasteiger partial charge in [-0.05, 0) is 49.6 Å². The summed E-state index contributed by atoms with van der Waals surface area (Å²) >= 11 is 0. The molecule has 1 aliphatic heterocycles. The van der Waals surface area contributed by atoms with Crippen LogP contribution >= 0.6 is 0 Å². The number of hydrogen-bond donors (Lipinski definition) is 1. The van der Waals surface area contributed by atoms with Crippen molar-refractivity contribution in [2.24, 2.45) is 0 Å². The zero-order valence-corrected chi connectivity index (χ0v) is 14.1. The van der Waals surface area contributed by atoms with Gasteiger partial charge in [-0.3, -0.25) is 9.59 Å². The van der Waals surface area contributed by atoms with Gasteiger partial charge in [-0.15, -0.1) is 0 Å². The fraction of sp³-hybridized carbons (Fsp3) is 0.300. The fourth-order valence-corrected chi connectivity index (χ4v) is 3.18. The van der Waals surface area contributed by atoms with Gasteiger partial charge in [-0.25, -0.2) is 4.39 Å². The van der Waals surface area contributed by atoms with Gasteiger partial charge in [0.25, 0.3) is 5.91 Å². The van der Waals surface area contributed by atoms with E-state index in [9.17, 15) is 14.0 Å². The van der Waals surface area contributed by atoms with Crippen LogP contribution in [-0.4, -0.2) is 29.3 Å². The molecule has 0 aromatic heterocycles. The number of benzene rings is 2. The average Bonchev–Trinajstić information content (AvgIpc) is 3.12. The number of rotatable bonds is 4. The lowest BCUT2D eigenvalue weighted by atomic mass is 10.1. The minimum Gasteiger partial charge on any atom is -0.348 e. The van der Waals surface area contributed by atoms with Crippen LogP contribution in [0.15, 0.2) is 54.6 Å². The number of amides is 2. The summed E-state index contributed by atoms with van der Waals surface area (Å²) in [7, 11) is 0. The van der Waals surface area contributed by atoms with Gasteiger partial charge in [-0.1, -0.05) is 30.3 Å². The van der Waals surface area contributed by atoms with Crippen LogP contribution < -0.4 is 5.32 Å². The van der Waals surface area contributed by atoms with Crippen molar-refractivity contribution in [1.29, 1.82) is 0 Å². The van der Waals surface area contributed by atoms with Crippen LogP contribution in [0.1, 0.15) is 41.7 Å². The van der Waals surface area contributed by atoms with E-state index in [4.69, 9.17) is 0 Å². The molecule has 5 heteroatoms. The van der Waals surface area contributed by atoms with E-state index in [-0.39, 0.29) is 23.7 Å². The SMILES string of the molecule is CC(NC(=O)C1CCCN1C(=O)c1ccc(F)cc1)c1ccccc1. The molecule has 3 rings (SSSR count). The maximum Gasteiger partial charge on any atom is 0.254 e. The van der Waals surface area contributed by atoms with E-state index in [0.29, 0.717) is 18.5 Å². The van der Waals surface area contributed by atoms with Crippen molar-refractivity contribution in [3.8, 4) is 0 Å². The van der Waals surface area contributed by atoms with E-state index in [0.717, 1.165) is 12.0 Å². The molecule has 1 heterocycles. The summed E-state index contributed by atoms with van der Waals surface area (Å²) in [6.07, 6.45) is 1.42. The molecule has 0 bridgehead atoms. The van der Waals surface area contributed by atoms with Gasteiger partial charge < -0.3 is 10.2 Å². The Kier molecular flexibility index (Phi) is 5.12. The standard InChI is InChI=1S/C20H21FN2O2/c1-14(15-6-3-2-4-7-15)22-19(24)18-8-5-13-23(18)20(25)16-9-11-17(21)12-10-16/h2-4,6-7,9-12,14,18H,5,8,13H2,1H3,(H,22,24). The average molecular weight is 340 g/mol. The molecular weight excluding hydrogens is 319 g/mol. The third-order valence-electron chi connectivity index (χ3n) is 4.57. The van der Waals surface area contributed by atoms with Gasteiger partial charge >= 0.3 is 0 Å². The number of carbonyl (C=O) groups excluding carboxylic acids is 2. The molecule has 130 valence electrons. The highest BCUT2D eigenvalue weighted by Gasteiger charge is 2.35. The molecule has 1 aliphatic rings. The summed E-state index contributed by atoms with van der Waals surface area (Å²) in [6.45, 7) is 2.46. The molecule has 0 radical (unpaired) electrons.